The van der Waals surface area contributed by atoms with Crippen molar-refractivity contribution < 1.29 is 14.6 Å². The number of benzene rings is 1. The van der Waals surface area contributed by atoms with Crippen molar-refractivity contribution in [3.63, 3.8) is 0 Å². The smallest absolute Gasteiger partial charge is 0.267 e. The van der Waals surface area contributed by atoms with Gasteiger partial charge in [0, 0.05) is 43.0 Å². The molecule has 1 aromatic carbocycles. The van der Waals surface area contributed by atoms with E-state index < -0.39 is 5.60 Å². The Balaban J connectivity index is 1.26. The second-order valence-corrected chi connectivity index (χ2v) is 11.2. The van der Waals surface area contributed by atoms with E-state index in [1.165, 1.54) is 9.91 Å². The predicted molar refractivity (Wildman–Crippen MR) is 149 cm³/mol. The van der Waals surface area contributed by atoms with Crippen LogP contribution < -0.4 is 10.5 Å². The molecule has 2 fully saturated rings. The van der Waals surface area contributed by atoms with Crippen molar-refractivity contribution in [3.8, 4) is 28.0 Å². The first-order valence-corrected chi connectivity index (χ1v) is 13.8. The number of thiazole rings is 1. The predicted octanol–water partition coefficient (Wildman–Crippen LogP) is 3.51. The van der Waals surface area contributed by atoms with Gasteiger partial charge < -0.3 is 25.4 Å². The third kappa shape index (κ3) is 5.83. The fourth-order valence-electron chi connectivity index (χ4n) is 4.86. The van der Waals surface area contributed by atoms with Gasteiger partial charge in [0.15, 0.2) is 11.6 Å². The zero-order valence-electron chi connectivity index (χ0n) is 21.8. The Morgan fingerprint density at radius 2 is 2.00 bits per heavy atom. The number of rotatable bonds is 5. The number of anilines is 1. The number of ether oxygens (including phenoxy) is 1. The molecule has 2 aromatic heterocycles. The van der Waals surface area contributed by atoms with Gasteiger partial charge in [0.05, 0.1) is 9.88 Å². The maximum atomic E-state index is 12.4. The van der Waals surface area contributed by atoms with Crippen LogP contribution in [0.1, 0.15) is 47.7 Å². The highest BCUT2D eigenvalue weighted by molar-refractivity contribution is 7.15. The Bertz CT molecular complexity index is 1370. The Kier molecular flexibility index (Phi) is 7.65. The highest BCUT2D eigenvalue weighted by atomic mass is 32.1. The molecule has 2 aliphatic rings. The summed E-state index contributed by atoms with van der Waals surface area (Å²) in [6, 6.07) is 9.46. The van der Waals surface area contributed by atoms with Crippen LogP contribution in [0.2, 0.25) is 0 Å². The minimum Gasteiger partial charge on any atom is -0.485 e. The minimum absolute atomic E-state index is 0.278. The maximum Gasteiger partial charge on any atom is 0.267 e. The number of nitrogens with two attached hydrogens (primary N) is 1. The van der Waals surface area contributed by atoms with E-state index in [0.29, 0.717) is 36.0 Å². The van der Waals surface area contributed by atoms with E-state index in [1.807, 2.05) is 36.5 Å². The summed E-state index contributed by atoms with van der Waals surface area (Å²) in [5, 5.41) is 11.9. The Labute approximate surface area is 227 Å². The molecule has 0 spiro atoms. The standard InChI is InChI=1S/C29H33N5O3S/c1-33-13-8-22(9-14-33)27-32-18-25(38-27)23-16-24(26(30)31-17-23)37-19-21-6-3-5-20(15-21)7-11-29(36)10-4-12-34(2)28(29)35/h3,5-6,15-18,22,36H,4,8-10,12-14,19H2,1-2H3,(H2,30,31). The number of aliphatic hydroxyl groups is 1. The van der Waals surface area contributed by atoms with Crippen LogP contribution in [0, 0.1) is 11.8 Å². The molecule has 1 atom stereocenters. The second-order valence-electron chi connectivity index (χ2n) is 10.2. The fraction of sp³-hybridized carbons (Fsp3) is 0.414. The van der Waals surface area contributed by atoms with Gasteiger partial charge in [-0.15, -0.1) is 11.3 Å². The van der Waals surface area contributed by atoms with Gasteiger partial charge in [0.1, 0.15) is 6.61 Å². The van der Waals surface area contributed by atoms with E-state index >= 15 is 0 Å². The zero-order chi connectivity index (χ0) is 26.7. The first-order valence-electron chi connectivity index (χ1n) is 12.9. The summed E-state index contributed by atoms with van der Waals surface area (Å²) in [6.45, 7) is 3.12. The van der Waals surface area contributed by atoms with E-state index in [0.717, 1.165) is 48.4 Å². The molecule has 2 aliphatic heterocycles. The lowest BCUT2D eigenvalue weighted by Crippen LogP contribution is -2.51. The molecule has 3 N–H and O–H groups in total. The molecule has 2 saturated heterocycles. The van der Waals surface area contributed by atoms with Crippen molar-refractivity contribution >= 4 is 23.1 Å². The zero-order valence-corrected chi connectivity index (χ0v) is 22.6. The fourth-order valence-corrected chi connectivity index (χ4v) is 5.93. The van der Waals surface area contributed by atoms with Crippen LogP contribution in [0.15, 0.2) is 42.7 Å². The van der Waals surface area contributed by atoms with Crippen LogP contribution in [-0.2, 0) is 11.4 Å². The van der Waals surface area contributed by atoms with Gasteiger partial charge in [0.25, 0.3) is 5.91 Å². The highest BCUT2D eigenvalue weighted by Gasteiger charge is 2.39. The summed E-state index contributed by atoms with van der Waals surface area (Å²) in [6.07, 6.45) is 7.01. The van der Waals surface area contributed by atoms with E-state index in [1.54, 1.807) is 24.6 Å². The molecule has 1 amide bonds. The monoisotopic (exact) mass is 531 g/mol. The van der Waals surface area contributed by atoms with E-state index in [9.17, 15) is 9.90 Å². The number of pyridine rings is 1. The van der Waals surface area contributed by atoms with Crippen LogP contribution in [0.4, 0.5) is 5.82 Å². The largest absolute Gasteiger partial charge is 0.485 e. The molecule has 198 valence electrons. The molecule has 0 radical (unpaired) electrons. The summed E-state index contributed by atoms with van der Waals surface area (Å²) >= 11 is 1.71. The molecule has 5 rings (SSSR count). The van der Waals surface area contributed by atoms with Gasteiger partial charge in [-0.1, -0.05) is 24.0 Å². The highest BCUT2D eigenvalue weighted by Crippen LogP contribution is 2.36. The number of likely N-dealkylation sites (N-methyl/N-ethyl adjacent to an activating group) is 1. The molecule has 3 aromatic rings. The number of nitrogens with zero attached hydrogens (tertiary/aromatic N) is 4. The quantitative estimate of drug-likeness (QED) is 0.486. The van der Waals surface area contributed by atoms with Crippen LogP contribution in [0.5, 0.6) is 5.75 Å². The third-order valence-corrected chi connectivity index (χ3v) is 8.43. The Morgan fingerprint density at radius 3 is 2.82 bits per heavy atom. The molecule has 4 heterocycles. The summed E-state index contributed by atoms with van der Waals surface area (Å²) in [5.74, 6) is 6.76. The summed E-state index contributed by atoms with van der Waals surface area (Å²) in [5.41, 5.74) is 7.02. The maximum absolute atomic E-state index is 12.4. The topological polar surface area (TPSA) is 105 Å². The number of piperidine rings is 2. The van der Waals surface area contributed by atoms with Crippen molar-refractivity contribution in [1.29, 1.82) is 0 Å². The number of hydrogen-bond donors (Lipinski definition) is 2. The van der Waals surface area contributed by atoms with Crippen LogP contribution in [0.25, 0.3) is 10.4 Å². The lowest BCUT2D eigenvalue weighted by atomic mass is 9.92. The first-order chi connectivity index (χ1) is 18.3. The Hall–Kier alpha value is -3.45. The number of nitrogen functional groups attached to an aromatic ring is 1. The van der Waals surface area contributed by atoms with Crippen molar-refractivity contribution in [3.05, 3.63) is 58.9 Å². The SMILES string of the molecule is CN1CCC(c2ncc(-c3cnc(N)c(OCc4cccc(C#CC5(O)CCCN(C)C5=O)c4)c3)s2)CC1. The normalized spacial score (nSPS) is 20.7. The van der Waals surface area contributed by atoms with Crippen LogP contribution in [0.3, 0.4) is 0 Å². The van der Waals surface area contributed by atoms with Gasteiger partial charge in [-0.05, 0) is 69.6 Å². The minimum atomic E-state index is -1.64. The molecule has 0 saturated carbocycles. The van der Waals surface area contributed by atoms with Crippen molar-refractivity contribution in [1.82, 2.24) is 19.8 Å². The van der Waals surface area contributed by atoms with E-state index in [4.69, 9.17) is 15.5 Å². The van der Waals surface area contributed by atoms with E-state index in [-0.39, 0.29) is 12.5 Å². The van der Waals surface area contributed by atoms with Gasteiger partial charge >= 0.3 is 0 Å². The molecule has 8 nitrogen and oxygen atoms in total. The van der Waals surface area contributed by atoms with Crippen LogP contribution >= 0.6 is 11.3 Å². The number of carbonyl (C=O) groups is 1. The van der Waals surface area contributed by atoms with Crippen LogP contribution in [-0.4, -0.2) is 70.1 Å². The van der Waals surface area contributed by atoms with Gasteiger partial charge in [-0.2, -0.15) is 0 Å². The number of carbonyl (C=O) groups excluding carboxylic acids is 1. The average Bonchev–Trinajstić information content (AvgIpc) is 3.41. The second kappa shape index (κ2) is 11.1. The molecule has 0 bridgehead atoms. The van der Waals surface area contributed by atoms with Gasteiger partial charge in [0.2, 0.25) is 5.60 Å². The van der Waals surface area contributed by atoms with Crippen molar-refractivity contribution in [2.75, 3.05) is 39.5 Å². The number of hydrogen-bond acceptors (Lipinski definition) is 8. The molecule has 0 aliphatic carbocycles. The summed E-state index contributed by atoms with van der Waals surface area (Å²) < 4.78 is 6.05. The van der Waals surface area contributed by atoms with Crippen molar-refractivity contribution in [2.45, 2.75) is 43.8 Å². The number of aromatic nitrogens is 2. The average molecular weight is 532 g/mol. The molecule has 9 heteroatoms. The molecule has 38 heavy (non-hydrogen) atoms. The molecule has 1 unspecified atom stereocenters. The lowest BCUT2D eigenvalue weighted by molar-refractivity contribution is -0.148. The molecular weight excluding hydrogens is 498 g/mol. The van der Waals surface area contributed by atoms with E-state index in [2.05, 4.69) is 28.8 Å². The van der Waals surface area contributed by atoms with Gasteiger partial charge in [-0.25, -0.2) is 9.97 Å². The summed E-state index contributed by atoms with van der Waals surface area (Å²) in [7, 11) is 3.85. The number of likely N-dealkylation sites (tertiary alicyclic amines) is 2. The molecular formula is C29H33N5O3S. The third-order valence-electron chi connectivity index (χ3n) is 7.23. The Morgan fingerprint density at radius 1 is 1.18 bits per heavy atom. The van der Waals surface area contributed by atoms with Crippen molar-refractivity contribution in [2.24, 2.45) is 0 Å². The first kappa shape index (κ1) is 26.2. The number of amides is 1. The summed E-state index contributed by atoms with van der Waals surface area (Å²) in [4.78, 5) is 26.4. The lowest BCUT2D eigenvalue weighted by Gasteiger charge is -2.32. The van der Waals surface area contributed by atoms with Gasteiger partial charge in [-0.3, -0.25) is 4.79 Å².